The van der Waals surface area contributed by atoms with Crippen LogP contribution in [0.3, 0.4) is 0 Å². The Balaban J connectivity index is 1.26. The third-order valence-electron chi connectivity index (χ3n) is 5.65. The molecule has 2 fully saturated rings. The number of carbonyl (C=O) groups excluding carboxylic acids is 1. The van der Waals surface area contributed by atoms with Gasteiger partial charge in [0.05, 0.1) is 30.7 Å². The van der Waals surface area contributed by atoms with E-state index >= 15 is 0 Å². The van der Waals surface area contributed by atoms with Crippen LogP contribution in [0.4, 0.5) is 0 Å². The lowest BCUT2D eigenvalue weighted by Gasteiger charge is -2.31. The van der Waals surface area contributed by atoms with Crippen LogP contribution in [0, 0.1) is 5.92 Å². The Morgan fingerprint density at radius 2 is 2.03 bits per heavy atom. The van der Waals surface area contributed by atoms with E-state index in [1.807, 2.05) is 18.2 Å². The standard InChI is InChI=1S/C21H28ClN5O3/c22-18-6-2-1-5-17(18)20-24-19(30-25-20)15-27-8-3-4-16(14-27)21(28)23-7-9-26-10-12-29-13-11-26/h1-2,5-6,16H,3-4,7-15H2,(H,23,28). The van der Waals surface area contributed by atoms with Gasteiger partial charge in [-0.1, -0.05) is 28.9 Å². The van der Waals surface area contributed by atoms with E-state index in [1.165, 1.54) is 0 Å². The van der Waals surface area contributed by atoms with Crippen molar-refractivity contribution in [3.63, 3.8) is 0 Å². The number of piperidine rings is 1. The van der Waals surface area contributed by atoms with Crippen molar-refractivity contribution >= 4 is 17.5 Å². The Bertz CT molecular complexity index is 840. The van der Waals surface area contributed by atoms with Crippen LogP contribution >= 0.6 is 11.6 Å². The average molecular weight is 434 g/mol. The number of hydrogen-bond donors (Lipinski definition) is 1. The molecule has 162 valence electrons. The van der Waals surface area contributed by atoms with E-state index in [9.17, 15) is 4.79 Å². The second kappa shape index (κ2) is 10.3. The molecule has 2 aliphatic heterocycles. The van der Waals surface area contributed by atoms with Crippen molar-refractivity contribution in [3.05, 3.63) is 35.2 Å². The minimum absolute atomic E-state index is 0.00519. The molecular formula is C21H28ClN5O3. The molecule has 2 aliphatic rings. The summed E-state index contributed by atoms with van der Waals surface area (Å²) >= 11 is 6.22. The molecule has 1 amide bonds. The van der Waals surface area contributed by atoms with Gasteiger partial charge < -0.3 is 14.6 Å². The van der Waals surface area contributed by atoms with Gasteiger partial charge >= 0.3 is 0 Å². The van der Waals surface area contributed by atoms with Crippen LogP contribution in [0.1, 0.15) is 18.7 Å². The number of morpholine rings is 1. The molecule has 0 saturated carbocycles. The number of likely N-dealkylation sites (tertiary alicyclic amines) is 1. The molecule has 0 aliphatic carbocycles. The monoisotopic (exact) mass is 433 g/mol. The zero-order valence-corrected chi connectivity index (χ0v) is 17.8. The Morgan fingerprint density at radius 3 is 2.87 bits per heavy atom. The summed E-state index contributed by atoms with van der Waals surface area (Å²) < 4.78 is 10.8. The molecule has 8 nitrogen and oxygen atoms in total. The average Bonchev–Trinajstić information content (AvgIpc) is 3.23. The fraction of sp³-hybridized carbons (Fsp3) is 0.571. The SMILES string of the molecule is O=C(NCCN1CCOCC1)C1CCCN(Cc2nc(-c3ccccc3Cl)no2)C1. The van der Waals surface area contributed by atoms with Crippen molar-refractivity contribution < 1.29 is 14.1 Å². The lowest BCUT2D eigenvalue weighted by Crippen LogP contribution is -2.45. The van der Waals surface area contributed by atoms with Gasteiger partial charge in [0.1, 0.15) is 0 Å². The van der Waals surface area contributed by atoms with E-state index in [4.69, 9.17) is 20.9 Å². The molecule has 0 radical (unpaired) electrons. The van der Waals surface area contributed by atoms with E-state index in [0.717, 1.165) is 57.8 Å². The fourth-order valence-corrected chi connectivity index (χ4v) is 4.20. The molecule has 2 aromatic rings. The maximum absolute atomic E-state index is 12.6. The third kappa shape index (κ3) is 5.57. The molecule has 9 heteroatoms. The normalized spacial score (nSPS) is 20.9. The van der Waals surface area contributed by atoms with Gasteiger partial charge in [0.25, 0.3) is 0 Å². The van der Waals surface area contributed by atoms with Gasteiger partial charge in [0.15, 0.2) is 0 Å². The molecule has 1 aromatic heterocycles. The van der Waals surface area contributed by atoms with Gasteiger partial charge in [0.2, 0.25) is 17.6 Å². The molecule has 1 atom stereocenters. The highest BCUT2D eigenvalue weighted by molar-refractivity contribution is 6.33. The first kappa shape index (κ1) is 21.2. The summed E-state index contributed by atoms with van der Waals surface area (Å²) in [6.07, 6.45) is 1.89. The smallest absolute Gasteiger partial charge is 0.241 e. The number of ether oxygens (including phenoxy) is 1. The minimum atomic E-state index is -0.00519. The lowest BCUT2D eigenvalue weighted by atomic mass is 9.97. The van der Waals surface area contributed by atoms with Crippen LogP contribution in [0.15, 0.2) is 28.8 Å². The van der Waals surface area contributed by atoms with E-state index in [0.29, 0.717) is 36.4 Å². The first-order valence-electron chi connectivity index (χ1n) is 10.6. The second-order valence-electron chi connectivity index (χ2n) is 7.81. The lowest BCUT2D eigenvalue weighted by molar-refractivity contribution is -0.126. The van der Waals surface area contributed by atoms with Gasteiger partial charge in [0, 0.05) is 38.3 Å². The third-order valence-corrected chi connectivity index (χ3v) is 5.98. The van der Waals surface area contributed by atoms with Crippen LogP contribution in [0.2, 0.25) is 5.02 Å². The summed E-state index contributed by atoms with van der Waals surface area (Å²) in [5, 5.41) is 7.76. The summed E-state index contributed by atoms with van der Waals surface area (Å²) in [5.74, 6) is 1.16. The molecule has 1 aromatic carbocycles. The topological polar surface area (TPSA) is 83.7 Å². The maximum Gasteiger partial charge on any atom is 0.241 e. The summed E-state index contributed by atoms with van der Waals surface area (Å²) in [7, 11) is 0. The number of rotatable bonds is 7. The number of hydrogen-bond acceptors (Lipinski definition) is 7. The molecule has 3 heterocycles. The number of nitrogens with one attached hydrogen (secondary N) is 1. The van der Waals surface area contributed by atoms with Crippen molar-refractivity contribution in [2.45, 2.75) is 19.4 Å². The number of halogens is 1. The highest BCUT2D eigenvalue weighted by Gasteiger charge is 2.27. The summed E-state index contributed by atoms with van der Waals surface area (Å²) in [6, 6.07) is 7.44. The van der Waals surface area contributed by atoms with Crippen molar-refractivity contribution in [1.82, 2.24) is 25.3 Å². The van der Waals surface area contributed by atoms with Crippen LogP contribution in [-0.2, 0) is 16.1 Å². The number of nitrogens with zero attached hydrogens (tertiary/aromatic N) is 4. The van der Waals surface area contributed by atoms with Gasteiger partial charge in [-0.15, -0.1) is 0 Å². The van der Waals surface area contributed by atoms with Crippen molar-refractivity contribution in [2.24, 2.45) is 5.92 Å². The predicted octanol–water partition coefficient (Wildman–Crippen LogP) is 2.05. The van der Waals surface area contributed by atoms with Crippen molar-refractivity contribution in [3.8, 4) is 11.4 Å². The molecule has 1 N–H and O–H groups in total. The Kier molecular flexibility index (Phi) is 7.33. The predicted molar refractivity (Wildman–Crippen MR) is 113 cm³/mol. The Labute approximate surface area is 181 Å². The Morgan fingerprint density at radius 1 is 1.20 bits per heavy atom. The first-order valence-corrected chi connectivity index (χ1v) is 10.9. The highest BCUT2D eigenvalue weighted by Crippen LogP contribution is 2.25. The molecule has 4 rings (SSSR count). The van der Waals surface area contributed by atoms with Crippen molar-refractivity contribution in [1.29, 1.82) is 0 Å². The molecular weight excluding hydrogens is 406 g/mol. The van der Waals surface area contributed by atoms with Gasteiger partial charge in [-0.3, -0.25) is 14.6 Å². The number of benzene rings is 1. The number of amides is 1. The van der Waals surface area contributed by atoms with Gasteiger partial charge in [-0.2, -0.15) is 4.98 Å². The van der Waals surface area contributed by atoms with E-state index in [2.05, 4.69) is 25.3 Å². The quantitative estimate of drug-likeness (QED) is 0.715. The van der Waals surface area contributed by atoms with Crippen LogP contribution in [0.5, 0.6) is 0 Å². The molecule has 2 saturated heterocycles. The second-order valence-corrected chi connectivity index (χ2v) is 8.22. The fourth-order valence-electron chi connectivity index (χ4n) is 3.98. The van der Waals surface area contributed by atoms with E-state index in [-0.39, 0.29) is 11.8 Å². The zero-order chi connectivity index (χ0) is 20.8. The van der Waals surface area contributed by atoms with E-state index < -0.39 is 0 Å². The van der Waals surface area contributed by atoms with Crippen LogP contribution < -0.4 is 5.32 Å². The molecule has 30 heavy (non-hydrogen) atoms. The van der Waals surface area contributed by atoms with Gasteiger partial charge in [-0.25, -0.2) is 0 Å². The first-order chi connectivity index (χ1) is 14.7. The minimum Gasteiger partial charge on any atom is -0.379 e. The Hall–Kier alpha value is -2.00. The largest absolute Gasteiger partial charge is 0.379 e. The van der Waals surface area contributed by atoms with Crippen LogP contribution in [0.25, 0.3) is 11.4 Å². The van der Waals surface area contributed by atoms with Crippen LogP contribution in [-0.4, -0.2) is 78.3 Å². The van der Waals surface area contributed by atoms with Crippen molar-refractivity contribution in [2.75, 3.05) is 52.5 Å². The highest BCUT2D eigenvalue weighted by atomic mass is 35.5. The summed E-state index contributed by atoms with van der Waals surface area (Å²) in [5.41, 5.74) is 0.755. The number of carbonyl (C=O) groups is 1. The van der Waals surface area contributed by atoms with Gasteiger partial charge in [-0.05, 0) is 31.5 Å². The summed E-state index contributed by atoms with van der Waals surface area (Å²) in [4.78, 5) is 21.6. The maximum atomic E-state index is 12.6. The molecule has 0 spiro atoms. The molecule has 0 bridgehead atoms. The number of aromatic nitrogens is 2. The van der Waals surface area contributed by atoms with E-state index in [1.54, 1.807) is 6.07 Å². The summed E-state index contributed by atoms with van der Waals surface area (Å²) in [6.45, 7) is 7.14. The molecule has 1 unspecified atom stereocenters. The zero-order valence-electron chi connectivity index (χ0n) is 17.1.